The molecule has 0 spiro atoms. The van der Waals surface area contributed by atoms with Crippen LogP contribution in [0.1, 0.15) is 23.6 Å². The van der Waals surface area contributed by atoms with Crippen molar-refractivity contribution in [2.45, 2.75) is 33.4 Å². The highest BCUT2D eigenvalue weighted by Crippen LogP contribution is 2.20. The lowest BCUT2D eigenvalue weighted by atomic mass is 10.1. The van der Waals surface area contributed by atoms with Gasteiger partial charge in [-0.2, -0.15) is 0 Å². The second-order valence-corrected chi connectivity index (χ2v) is 6.93. The molecule has 0 saturated carbocycles. The molecule has 27 heavy (non-hydrogen) atoms. The highest BCUT2D eigenvalue weighted by atomic mass is 35.5. The molecule has 0 unspecified atom stereocenters. The summed E-state index contributed by atoms with van der Waals surface area (Å²) >= 11 is 5.93. The van der Waals surface area contributed by atoms with Crippen molar-refractivity contribution in [3.63, 3.8) is 0 Å². The predicted molar refractivity (Wildman–Crippen MR) is 107 cm³/mol. The molecule has 1 atom stereocenters. The predicted octanol–water partition coefficient (Wildman–Crippen LogP) is 3.50. The molecule has 144 valence electrons. The van der Waals surface area contributed by atoms with Crippen molar-refractivity contribution in [1.29, 1.82) is 0 Å². The Bertz CT molecular complexity index is 806. The summed E-state index contributed by atoms with van der Waals surface area (Å²) in [6, 6.07) is 12.4. The van der Waals surface area contributed by atoms with Crippen molar-refractivity contribution in [1.82, 2.24) is 10.2 Å². The Morgan fingerprint density at radius 2 is 1.81 bits per heavy atom. The first-order chi connectivity index (χ1) is 12.8. The van der Waals surface area contributed by atoms with E-state index in [0.717, 1.165) is 16.7 Å². The molecule has 1 N–H and O–H groups in total. The number of hydrogen-bond donors (Lipinski definition) is 1. The number of nitrogens with one attached hydrogen (secondary N) is 1. The third-order valence-corrected chi connectivity index (χ3v) is 4.63. The number of hydrogen-bond acceptors (Lipinski definition) is 3. The van der Waals surface area contributed by atoms with Crippen molar-refractivity contribution in [3.05, 3.63) is 64.2 Å². The summed E-state index contributed by atoms with van der Waals surface area (Å²) in [7, 11) is 1.55. The Balaban J connectivity index is 2.15. The summed E-state index contributed by atoms with van der Waals surface area (Å²) in [6.45, 7) is 5.75. The molecule has 6 heteroatoms. The van der Waals surface area contributed by atoms with Gasteiger partial charge in [0.15, 0.2) is 6.61 Å². The summed E-state index contributed by atoms with van der Waals surface area (Å²) in [5, 5.41) is 3.21. The quantitative estimate of drug-likeness (QED) is 0.789. The molecule has 0 aliphatic carbocycles. The molecule has 0 heterocycles. The zero-order valence-corrected chi connectivity index (χ0v) is 16.8. The Labute approximate surface area is 165 Å². The first-order valence-corrected chi connectivity index (χ1v) is 9.15. The van der Waals surface area contributed by atoms with Gasteiger partial charge in [0.1, 0.15) is 11.8 Å². The molecule has 0 bridgehead atoms. The summed E-state index contributed by atoms with van der Waals surface area (Å²) in [5.41, 5.74) is 2.90. The molecule has 0 aliphatic rings. The summed E-state index contributed by atoms with van der Waals surface area (Å²) in [4.78, 5) is 26.5. The van der Waals surface area contributed by atoms with Gasteiger partial charge in [-0.05, 0) is 55.7 Å². The van der Waals surface area contributed by atoms with Crippen LogP contribution in [-0.2, 0) is 16.1 Å². The van der Waals surface area contributed by atoms with Crippen LogP contribution in [-0.4, -0.2) is 36.4 Å². The van der Waals surface area contributed by atoms with E-state index in [2.05, 4.69) is 5.32 Å². The highest BCUT2D eigenvalue weighted by Gasteiger charge is 2.26. The second-order valence-electron chi connectivity index (χ2n) is 6.50. The lowest BCUT2D eigenvalue weighted by Gasteiger charge is -2.28. The van der Waals surface area contributed by atoms with E-state index >= 15 is 0 Å². The molecule has 2 aromatic carbocycles. The number of carbonyl (C=O) groups excluding carboxylic acids is 2. The van der Waals surface area contributed by atoms with Gasteiger partial charge in [0.05, 0.1) is 0 Å². The maximum atomic E-state index is 12.8. The van der Waals surface area contributed by atoms with E-state index < -0.39 is 6.04 Å². The Morgan fingerprint density at radius 3 is 2.44 bits per heavy atom. The molecular formula is C21H25ClN2O3. The van der Waals surface area contributed by atoms with Crippen LogP contribution in [0, 0.1) is 13.8 Å². The zero-order valence-electron chi connectivity index (χ0n) is 16.1. The van der Waals surface area contributed by atoms with Gasteiger partial charge < -0.3 is 15.0 Å². The summed E-state index contributed by atoms with van der Waals surface area (Å²) in [5.74, 6) is 0.174. The van der Waals surface area contributed by atoms with Gasteiger partial charge in [-0.25, -0.2) is 0 Å². The molecule has 0 aromatic heterocycles. The lowest BCUT2D eigenvalue weighted by Crippen LogP contribution is -2.48. The van der Waals surface area contributed by atoms with Gasteiger partial charge in [0.2, 0.25) is 5.91 Å². The molecule has 2 aromatic rings. The molecule has 2 rings (SSSR count). The van der Waals surface area contributed by atoms with Crippen LogP contribution >= 0.6 is 11.6 Å². The number of amides is 2. The number of ether oxygens (including phenoxy) is 1. The lowest BCUT2D eigenvalue weighted by molar-refractivity contribution is -0.142. The molecule has 5 nitrogen and oxygen atoms in total. The van der Waals surface area contributed by atoms with Crippen LogP contribution in [0.15, 0.2) is 42.5 Å². The maximum absolute atomic E-state index is 12.8. The highest BCUT2D eigenvalue weighted by molar-refractivity contribution is 6.30. The fraction of sp³-hybridized carbons (Fsp3) is 0.333. The zero-order chi connectivity index (χ0) is 20.0. The molecular weight excluding hydrogens is 364 g/mol. The molecule has 0 radical (unpaired) electrons. The van der Waals surface area contributed by atoms with Gasteiger partial charge in [-0.15, -0.1) is 0 Å². The topological polar surface area (TPSA) is 58.6 Å². The Morgan fingerprint density at radius 1 is 1.15 bits per heavy atom. The molecule has 0 saturated heterocycles. The molecule has 2 amide bonds. The first kappa shape index (κ1) is 20.8. The van der Waals surface area contributed by atoms with E-state index in [1.165, 1.54) is 4.90 Å². The van der Waals surface area contributed by atoms with Crippen molar-refractivity contribution < 1.29 is 14.3 Å². The second kappa shape index (κ2) is 9.42. The van der Waals surface area contributed by atoms with E-state index in [-0.39, 0.29) is 18.4 Å². The van der Waals surface area contributed by atoms with Gasteiger partial charge >= 0.3 is 0 Å². The number of likely N-dealkylation sites (N-methyl/N-ethyl adjacent to an activating group) is 1. The van der Waals surface area contributed by atoms with Gasteiger partial charge in [0.25, 0.3) is 5.91 Å². The first-order valence-electron chi connectivity index (χ1n) is 8.77. The number of carbonyl (C=O) groups is 2. The van der Waals surface area contributed by atoms with E-state index in [0.29, 0.717) is 17.3 Å². The van der Waals surface area contributed by atoms with E-state index in [4.69, 9.17) is 16.3 Å². The van der Waals surface area contributed by atoms with Gasteiger partial charge in [-0.3, -0.25) is 9.59 Å². The van der Waals surface area contributed by atoms with E-state index in [1.54, 1.807) is 26.1 Å². The Kier molecular flexibility index (Phi) is 7.25. The van der Waals surface area contributed by atoms with Crippen LogP contribution in [0.4, 0.5) is 0 Å². The van der Waals surface area contributed by atoms with Gasteiger partial charge in [-0.1, -0.05) is 35.9 Å². The molecule has 0 aliphatic heterocycles. The minimum absolute atomic E-state index is 0.140. The van der Waals surface area contributed by atoms with Crippen molar-refractivity contribution in [2.75, 3.05) is 13.7 Å². The van der Waals surface area contributed by atoms with Crippen LogP contribution in [0.5, 0.6) is 5.75 Å². The van der Waals surface area contributed by atoms with Crippen LogP contribution in [0.2, 0.25) is 5.02 Å². The standard InChI is InChI=1S/C21H25ClN2O3/c1-14-5-6-15(2)19(11-14)27-13-20(25)24(16(3)21(26)23-4)12-17-7-9-18(22)10-8-17/h5-11,16H,12-13H2,1-4H3,(H,23,26)/t16-/m1/s1. The number of halogens is 1. The summed E-state index contributed by atoms with van der Waals surface area (Å²) < 4.78 is 5.74. The number of nitrogens with zero attached hydrogens (tertiary/aromatic N) is 1. The average molecular weight is 389 g/mol. The minimum atomic E-state index is -0.625. The Hall–Kier alpha value is -2.53. The fourth-order valence-electron chi connectivity index (χ4n) is 2.66. The monoisotopic (exact) mass is 388 g/mol. The number of benzene rings is 2. The van der Waals surface area contributed by atoms with Crippen LogP contribution in [0.3, 0.4) is 0 Å². The van der Waals surface area contributed by atoms with E-state index in [9.17, 15) is 9.59 Å². The third-order valence-electron chi connectivity index (χ3n) is 4.37. The maximum Gasteiger partial charge on any atom is 0.261 e. The third kappa shape index (κ3) is 5.73. The van der Waals surface area contributed by atoms with Crippen molar-refractivity contribution >= 4 is 23.4 Å². The normalized spacial score (nSPS) is 11.6. The minimum Gasteiger partial charge on any atom is -0.483 e. The van der Waals surface area contributed by atoms with E-state index in [1.807, 2.05) is 44.2 Å². The SMILES string of the molecule is CNC(=O)[C@@H](C)N(Cc1ccc(Cl)cc1)C(=O)COc1cc(C)ccc1C. The number of aryl methyl sites for hydroxylation is 2. The van der Waals surface area contributed by atoms with Crippen molar-refractivity contribution in [3.8, 4) is 5.75 Å². The fourth-order valence-corrected chi connectivity index (χ4v) is 2.79. The largest absolute Gasteiger partial charge is 0.483 e. The summed E-state index contributed by atoms with van der Waals surface area (Å²) in [6.07, 6.45) is 0. The van der Waals surface area contributed by atoms with Crippen molar-refractivity contribution in [2.24, 2.45) is 0 Å². The number of rotatable bonds is 7. The van der Waals surface area contributed by atoms with Crippen LogP contribution in [0.25, 0.3) is 0 Å². The smallest absolute Gasteiger partial charge is 0.261 e. The average Bonchev–Trinajstić information content (AvgIpc) is 2.66. The van der Waals surface area contributed by atoms with Crippen LogP contribution < -0.4 is 10.1 Å². The van der Waals surface area contributed by atoms with Gasteiger partial charge in [0, 0.05) is 18.6 Å². The molecule has 0 fully saturated rings.